The molecule has 1 saturated heterocycles. The van der Waals surface area contributed by atoms with Gasteiger partial charge >= 0.3 is 0 Å². The second kappa shape index (κ2) is 8.30. The third kappa shape index (κ3) is 3.58. The summed E-state index contributed by atoms with van der Waals surface area (Å²) in [5, 5.41) is 13.2. The number of nitrogens with zero attached hydrogens (tertiary/aromatic N) is 2. The quantitative estimate of drug-likeness (QED) is 0.360. The van der Waals surface area contributed by atoms with E-state index in [1.165, 1.54) is 29.4 Å². The lowest BCUT2D eigenvalue weighted by Gasteiger charge is -2.24. The van der Waals surface area contributed by atoms with Crippen LogP contribution in [0.1, 0.15) is 22.2 Å². The molecule has 30 heavy (non-hydrogen) atoms. The first-order valence-electron chi connectivity index (χ1n) is 9.07. The SMILES string of the molecule is COc1ccc(/C(O)=C2/C(=O)C(=O)N(Cc3cccs3)C2c2ccccn2)cc1Cl. The van der Waals surface area contributed by atoms with E-state index in [0.29, 0.717) is 17.0 Å². The van der Waals surface area contributed by atoms with Gasteiger partial charge < -0.3 is 14.7 Å². The number of thiophene rings is 1. The fourth-order valence-electron chi connectivity index (χ4n) is 3.43. The number of methoxy groups -OCH3 is 1. The molecule has 1 aliphatic rings. The molecular weight excluding hydrogens is 424 g/mol. The maximum atomic E-state index is 13.0. The predicted octanol–water partition coefficient (Wildman–Crippen LogP) is 4.43. The topological polar surface area (TPSA) is 79.7 Å². The summed E-state index contributed by atoms with van der Waals surface area (Å²) < 4.78 is 5.14. The minimum Gasteiger partial charge on any atom is -0.507 e. The summed E-state index contributed by atoms with van der Waals surface area (Å²) in [5.74, 6) is -1.30. The molecule has 2 aromatic heterocycles. The normalized spacial score (nSPS) is 18.1. The van der Waals surface area contributed by atoms with Gasteiger partial charge in [-0.1, -0.05) is 23.7 Å². The number of halogens is 1. The molecular formula is C22H17ClN2O4S. The number of amides is 1. The number of hydrogen-bond donors (Lipinski definition) is 1. The van der Waals surface area contributed by atoms with E-state index in [9.17, 15) is 14.7 Å². The number of carbonyl (C=O) groups is 2. The minimum atomic E-state index is -0.811. The molecule has 3 aromatic rings. The number of ether oxygens (including phenoxy) is 1. The standard InChI is InChI=1S/C22H17ClN2O4S/c1-29-17-8-7-13(11-15(17)23)20(26)18-19(16-6-2-3-9-24-16)25(22(28)21(18)27)12-14-5-4-10-30-14/h2-11,19,26H,12H2,1H3/b20-18-. The van der Waals surface area contributed by atoms with Gasteiger partial charge in [0.25, 0.3) is 11.7 Å². The second-order valence-corrected chi connectivity index (χ2v) is 8.05. The number of pyridine rings is 1. The molecule has 1 atom stereocenters. The molecule has 1 aromatic carbocycles. The van der Waals surface area contributed by atoms with Gasteiger partial charge in [-0.15, -0.1) is 11.3 Å². The number of carbonyl (C=O) groups excluding carboxylic acids is 2. The smallest absolute Gasteiger partial charge is 0.296 e. The van der Waals surface area contributed by atoms with Crippen molar-refractivity contribution in [1.82, 2.24) is 9.88 Å². The summed E-state index contributed by atoms with van der Waals surface area (Å²) in [7, 11) is 1.48. The third-order valence-electron chi connectivity index (χ3n) is 4.84. The van der Waals surface area contributed by atoms with Crippen molar-refractivity contribution in [2.24, 2.45) is 0 Å². The van der Waals surface area contributed by atoms with Crippen molar-refractivity contribution in [2.75, 3.05) is 7.11 Å². The van der Waals surface area contributed by atoms with E-state index >= 15 is 0 Å². The summed E-state index contributed by atoms with van der Waals surface area (Å²) in [5.41, 5.74) is 0.793. The molecule has 0 radical (unpaired) electrons. The lowest BCUT2D eigenvalue weighted by atomic mass is 9.98. The Morgan fingerprint density at radius 3 is 2.70 bits per heavy atom. The molecule has 6 nitrogen and oxygen atoms in total. The van der Waals surface area contributed by atoms with E-state index < -0.39 is 17.7 Å². The number of ketones is 1. The van der Waals surface area contributed by atoms with E-state index in [0.717, 1.165) is 4.88 Å². The van der Waals surface area contributed by atoms with Gasteiger partial charge in [0.2, 0.25) is 0 Å². The summed E-state index contributed by atoms with van der Waals surface area (Å²) in [6, 6.07) is 12.9. The second-order valence-electron chi connectivity index (χ2n) is 6.61. The fourth-order valence-corrected chi connectivity index (χ4v) is 4.39. The average Bonchev–Trinajstić information content (AvgIpc) is 3.36. The van der Waals surface area contributed by atoms with E-state index in [2.05, 4.69) is 4.98 Å². The summed E-state index contributed by atoms with van der Waals surface area (Å²) in [6.45, 7) is 0.240. The van der Waals surface area contributed by atoms with Crippen LogP contribution in [0.25, 0.3) is 5.76 Å². The molecule has 8 heteroatoms. The molecule has 1 fully saturated rings. The first-order chi connectivity index (χ1) is 14.5. The van der Waals surface area contributed by atoms with Crippen LogP contribution in [0, 0.1) is 0 Å². The average molecular weight is 441 g/mol. The minimum absolute atomic E-state index is 0.0171. The van der Waals surface area contributed by atoms with Gasteiger partial charge in [0.1, 0.15) is 17.6 Å². The predicted molar refractivity (Wildman–Crippen MR) is 114 cm³/mol. The molecule has 152 valence electrons. The molecule has 0 saturated carbocycles. The Hall–Kier alpha value is -3.16. The molecule has 1 aliphatic heterocycles. The summed E-state index contributed by atoms with van der Waals surface area (Å²) >= 11 is 7.68. The maximum Gasteiger partial charge on any atom is 0.296 e. The number of aromatic nitrogens is 1. The number of rotatable bonds is 5. The zero-order valence-electron chi connectivity index (χ0n) is 15.9. The van der Waals surface area contributed by atoms with Gasteiger partial charge in [-0.3, -0.25) is 14.6 Å². The van der Waals surface area contributed by atoms with Gasteiger partial charge in [0.05, 0.1) is 29.9 Å². The Kier molecular flexibility index (Phi) is 5.57. The molecule has 0 aliphatic carbocycles. The maximum absolute atomic E-state index is 13.0. The van der Waals surface area contributed by atoms with Crippen LogP contribution in [-0.4, -0.2) is 33.8 Å². The lowest BCUT2D eigenvalue weighted by molar-refractivity contribution is -0.140. The molecule has 1 unspecified atom stereocenters. The van der Waals surface area contributed by atoms with Crippen molar-refractivity contribution >= 4 is 40.4 Å². The summed E-state index contributed by atoms with van der Waals surface area (Å²) in [6.07, 6.45) is 1.59. The van der Waals surface area contributed by atoms with Gasteiger partial charge in [0, 0.05) is 16.6 Å². The summed E-state index contributed by atoms with van der Waals surface area (Å²) in [4.78, 5) is 32.6. The molecule has 0 spiro atoms. The van der Waals surface area contributed by atoms with Crippen LogP contribution in [0.15, 0.2) is 65.7 Å². The molecule has 3 heterocycles. The van der Waals surface area contributed by atoms with Crippen molar-refractivity contribution in [2.45, 2.75) is 12.6 Å². The number of Topliss-reactive ketones (excluding diaryl/α,β-unsaturated/α-hetero) is 1. The van der Waals surface area contributed by atoms with Crippen LogP contribution < -0.4 is 4.74 Å². The zero-order chi connectivity index (χ0) is 21.3. The van der Waals surface area contributed by atoms with E-state index in [1.54, 1.807) is 36.5 Å². The van der Waals surface area contributed by atoms with E-state index in [4.69, 9.17) is 16.3 Å². The monoisotopic (exact) mass is 440 g/mol. The van der Waals surface area contributed by atoms with E-state index in [-0.39, 0.29) is 22.9 Å². The lowest BCUT2D eigenvalue weighted by Crippen LogP contribution is -2.29. The van der Waals surface area contributed by atoms with Crippen LogP contribution in [0.2, 0.25) is 5.02 Å². The highest BCUT2D eigenvalue weighted by atomic mass is 35.5. The van der Waals surface area contributed by atoms with Crippen LogP contribution in [0.5, 0.6) is 5.75 Å². The third-order valence-corrected chi connectivity index (χ3v) is 6.00. The van der Waals surface area contributed by atoms with Crippen molar-refractivity contribution in [3.63, 3.8) is 0 Å². The Bertz CT molecular complexity index is 1130. The fraction of sp³-hybridized carbons (Fsp3) is 0.136. The first kappa shape index (κ1) is 20.1. The number of hydrogen-bond acceptors (Lipinski definition) is 6. The molecule has 1 N–H and O–H groups in total. The van der Waals surface area contributed by atoms with Gasteiger partial charge in [-0.25, -0.2) is 0 Å². The van der Waals surface area contributed by atoms with E-state index in [1.807, 2.05) is 17.5 Å². The highest BCUT2D eigenvalue weighted by molar-refractivity contribution is 7.09. The Labute approximate surface area is 182 Å². The van der Waals surface area contributed by atoms with Gasteiger partial charge in [0.15, 0.2) is 0 Å². The Morgan fingerprint density at radius 2 is 2.07 bits per heavy atom. The van der Waals surface area contributed by atoms with Gasteiger partial charge in [-0.05, 0) is 41.8 Å². The van der Waals surface area contributed by atoms with Crippen molar-refractivity contribution < 1.29 is 19.4 Å². The number of aliphatic hydroxyl groups excluding tert-OH is 1. The van der Waals surface area contributed by atoms with Crippen molar-refractivity contribution in [3.05, 3.63) is 86.8 Å². The highest BCUT2D eigenvalue weighted by Crippen LogP contribution is 2.40. The molecule has 1 amide bonds. The highest BCUT2D eigenvalue weighted by Gasteiger charge is 2.46. The first-order valence-corrected chi connectivity index (χ1v) is 10.3. The molecule has 4 rings (SSSR count). The number of aliphatic hydroxyl groups is 1. The largest absolute Gasteiger partial charge is 0.507 e. The molecule has 0 bridgehead atoms. The van der Waals surface area contributed by atoms with Crippen LogP contribution >= 0.6 is 22.9 Å². The zero-order valence-corrected chi connectivity index (χ0v) is 17.5. The number of likely N-dealkylation sites (tertiary alicyclic amines) is 1. The van der Waals surface area contributed by atoms with Crippen LogP contribution in [-0.2, 0) is 16.1 Å². The Balaban J connectivity index is 1.85. The number of benzene rings is 1. The van der Waals surface area contributed by atoms with Crippen LogP contribution in [0.4, 0.5) is 0 Å². The van der Waals surface area contributed by atoms with Crippen molar-refractivity contribution in [1.29, 1.82) is 0 Å². The van der Waals surface area contributed by atoms with Crippen LogP contribution in [0.3, 0.4) is 0 Å². The Morgan fingerprint density at radius 1 is 1.23 bits per heavy atom. The van der Waals surface area contributed by atoms with Gasteiger partial charge in [-0.2, -0.15) is 0 Å². The van der Waals surface area contributed by atoms with Crippen molar-refractivity contribution in [3.8, 4) is 5.75 Å².